The number of carbonyl (C=O) groups is 2. The van der Waals surface area contributed by atoms with Gasteiger partial charge in [0.1, 0.15) is 0 Å². The molecule has 0 aliphatic carbocycles. The number of nitrogens with one attached hydrogen (secondary N) is 1. The van der Waals surface area contributed by atoms with Crippen LogP contribution in [0.1, 0.15) is 34.6 Å². The lowest BCUT2D eigenvalue weighted by Crippen LogP contribution is -2.66. The lowest BCUT2D eigenvalue weighted by molar-refractivity contribution is -0.151. The Hall–Kier alpha value is -0.883. The number of β-lactam (4-membered cyclic amide) rings is 1. The SMILES string of the molecule is CC(O[Si](C)(C)C(C)(C)C)C1C(=O)NC1C(C)C(=O)O. The molecule has 0 spiro atoms. The van der Waals surface area contributed by atoms with Crippen molar-refractivity contribution in [3.63, 3.8) is 0 Å². The highest BCUT2D eigenvalue weighted by Gasteiger charge is 2.50. The summed E-state index contributed by atoms with van der Waals surface area (Å²) in [5, 5.41) is 11.8. The molecule has 0 aromatic rings. The standard InChI is InChI=1S/C14H27NO4Si/c1-8(13(17)18)11-10(12(16)15-11)9(2)19-20(6,7)14(3,4)5/h8-11H,1-7H3,(H,15,16)(H,17,18). The molecule has 1 heterocycles. The number of hydrogen-bond donors (Lipinski definition) is 2. The molecule has 4 unspecified atom stereocenters. The molecule has 2 N–H and O–H groups in total. The zero-order chi connectivity index (χ0) is 15.9. The van der Waals surface area contributed by atoms with E-state index in [1.807, 2.05) is 6.92 Å². The van der Waals surface area contributed by atoms with E-state index in [1.165, 1.54) is 0 Å². The van der Waals surface area contributed by atoms with Gasteiger partial charge in [-0.3, -0.25) is 9.59 Å². The minimum atomic E-state index is -1.96. The van der Waals surface area contributed by atoms with Crippen LogP contribution in [0.3, 0.4) is 0 Å². The molecule has 116 valence electrons. The second-order valence-corrected chi connectivity index (χ2v) is 12.0. The summed E-state index contributed by atoms with van der Waals surface area (Å²) in [6.07, 6.45) is -0.253. The highest BCUT2D eigenvalue weighted by atomic mass is 28.4. The molecule has 0 aromatic heterocycles. The van der Waals surface area contributed by atoms with Crippen molar-refractivity contribution < 1.29 is 19.1 Å². The minimum Gasteiger partial charge on any atom is -0.481 e. The Morgan fingerprint density at radius 2 is 1.85 bits per heavy atom. The monoisotopic (exact) mass is 301 g/mol. The van der Waals surface area contributed by atoms with E-state index in [0.29, 0.717) is 0 Å². The second kappa shape index (κ2) is 5.48. The van der Waals surface area contributed by atoms with E-state index in [2.05, 4.69) is 39.2 Å². The zero-order valence-electron chi connectivity index (χ0n) is 13.5. The quantitative estimate of drug-likeness (QED) is 0.603. The van der Waals surface area contributed by atoms with Crippen LogP contribution >= 0.6 is 0 Å². The fourth-order valence-electron chi connectivity index (χ4n) is 2.23. The zero-order valence-corrected chi connectivity index (χ0v) is 14.5. The summed E-state index contributed by atoms with van der Waals surface area (Å²) in [6, 6.07) is -0.334. The molecular weight excluding hydrogens is 274 g/mol. The Morgan fingerprint density at radius 3 is 2.20 bits per heavy atom. The third-order valence-electron chi connectivity index (χ3n) is 4.72. The van der Waals surface area contributed by atoms with Crippen molar-refractivity contribution in [3.8, 4) is 0 Å². The van der Waals surface area contributed by atoms with Crippen molar-refractivity contribution in [1.82, 2.24) is 5.32 Å². The third kappa shape index (κ3) is 3.23. The second-order valence-electron chi connectivity index (χ2n) is 7.27. The lowest BCUT2D eigenvalue weighted by atomic mass is 9.79. The van der Waals surface area contributed by atoms with Crippen LogP contribution in [0.4, 0.5) is 0 Å². The van der Waals surface area contributed by atoms with Gasteiger partial charge in [-0.1, -0.05) is 20.8 Å². The van der Waals surface area contributed by atoms with E-state index < -0.39 is 20.2 Å². The van der Waals surface area contributed by atoms with Crippen molar-refractivity contribution >= 4 is 20.2 Å². The van der Waals surface area contributed by atoms with E-state index in [1.54, 1.807) is 6.92 Å². The summed E-state index contributed by atoms with van der Waals surface area (Å²) in [5.74, 6) is -1.95. The van der Waals surface area contributed by atoms with E-state index in [-0.39, 0.29) is 29.0 Å². The number of rotatable bonds is 5. The first-order chi connectivity index (χ1) is 8.88. The minimum absolute atomic E-state index is 0.0649. The summed E-state index contributed by atoms with van der Waals surface area (Å²) >= 11 is 0. The average Bonchev–Trinajstić information content (AvgIpc) is 2.21. The van der Waals surface area contributed by atoms with Gasteiger partial charge in [-0.25, -0.2) is 0 Å². The van der Waals surface area contributed by atoms with Crippen LogP contribution in [0.5, 0.6) is 0 Å². The van der Waals surface area contributed by atoms with E-state index in [9.17, 15) is 9.59 Å². The smallest absolute Gasteiger partial charge is 0.308 e. The molecule has 0 bridgehead atoms. The molecule has 1 saturated heterocycles. The lowest BCUT2D eigenvalue weighted by Gasteiger charge is -2.46. The van der Waals surface area contributed by atoms with Crippen molar-refractivity contribution in [2.45, 2.75) is 64.9 Å². The Balaban J connectivity index is 2.78. The molecular formula is C14H27NO4Si. The van der Waals surface area contributed by atoms with Gasteiger partial charge in [-0.15, -0.1) is 0 Å². The number of hydrogen-bond acceptors (Lipinski definition) is 3. The average molecular weight is 301 g/mol. The predicted molar refractivity (Wildman–Crippen MR) is 80.0 cm³/mol. The first-order valence-electron chi connectivity index (χ1n) is 7.09. The molecule has 20 heavy (non-hydrogen) atoms. The van der Waals surface area contributed by atoms with Gasteiger partial charge >= 0.3 is 5.97 Å². The first kappa shape index (κ1) is 17.2. The number of amides is 1. The predicted octanol–water partition coefficient (Wildman–Crippen LogP) is 2.23. The first-order valence-corrected chi connectivity index (χ1v) is 10.0. The number of carboxylic acids is 1. The third-order valence-corrected chi connectivity index (χ3v) is 9.29. The topological polar surface area (TPSA) is 75.6 Å². The van der Waals surface area contributed by atoms with Gasteiger partial charge in [0, 0.05) is 0 Å². The van der Waals surface area contributed by atoms with Gasteiger partial charge in [-0.05, 0) is 32.0 Å². The number of aliphatic carboxylic acids is 1. The van der Waals surface area contributed by atoms with Crippen molar-refractivity contribution in [2.75, 3.05) is 0 Å². The molecule has 0 aromatic carbocycles. The van der Waals surface area contributed by atoms with Crippen LogP contribution in [0.15, 0.2) is 0 Å². The maximum atomic E-state index is 11.8. The van der Waals surface area contributed by atoms with E-state index in [4.69, 9.17) is 9.53 Å². The van der Waals surface area contributed by atoms with Crippen LogP contribution < -0.4 is 5.32 Å². The summed E-state index contributed by atoms with van der Waals surface area (Å²) in [6.45, 7) is 14.2. The maximum absolute atomic E-state index is 11.8. The summed E-state index contributed by atoms with van der Waals surface area (Å²) in [4.78, 5) is 22.8. The van der Waals surface area contributed by atoms with Crippen molar-refractivity contribution in [2.24, 2.45) is 11.8 Å². The molecule has 1 aliphatic rings. The van der Waals surface area contributed by atoms with E-state index in [0.717, 1.165) is 0 Å². The Kier molecular flexibility index (Phi) is 4.71. The van der Waals surface area contributed by atoms with Gasteiger partial charge in [0.05, 0.1) is 24.0 Å². The molecule has 4 atom stereocenters. The van der Waals surface area contributed by atoms with E-state index >= 15 is 0 Å². The fraction of sp³-hybridized carbons (Fsp3) is 0.857. The van der Waals surface area contributed by atoms with Crippen LogP contribution in [-0.4, -0.2) is 37.4 Å². The number of carbonyl (C=O) groups excluding carboxylic acids is 1. The van der Waals surface area contributed by atoms with Crippen LogP contribution in [0, 0.1) is 11.8 Å². The summed E-state index contributed by atoms with van der Waals surface area (Å²) in [5.41, 5.74) is 0. The molecule has 1 rings (SSSR count). The van der Waals surface area contributed by atoms with Crippen molar-refractivity contribution in [1.29, 1.82) is 0 Å². The molecule has 1 fully saturated rings. The molecule has 1 aliphatic heterocycles. The molecule has 6 heteroatoms. The Bertz CT molecular complexity index is 402. The highest BCUT2D eigenvalue weighted by Crippen LogP contribution is 2.39. The molecule has 5 nitrogen and oxygen atoms in total. The summed E-state index contributed by atoms with van der Waals surface area (Å²) < 4.78 is 6.22. The molecule has 0 saturated carbocycles. The molecule has 1 amide bonds. The van der Waals surface area contributed by atoms with Gasteiger partial charge < -0.3 is 14.8 Å². The highest BCUT2D eigenvalue weighted by molar-refractivity contribution is 6.74. The van der Waals surface area contributed by atoms with Crippen LogP contribution in [0.2, 0.25) is 18.1 Å². The van der Waals surface area contributed by atoms with Crippen LogP contribution in [-0.2, 0) is 14.0 Å². The van der Waals surface area contributed by atoms with Crippen LogP contribution in [0.25, 0.3) is 0 Å². The van der Waals surface area contributed by atoms with Gasteiger partial charge in [0.2, 0.25) is 5.91 Å². The van der Waals surface area contributed by atoms with Crippen molar-refractivity contribution in [3.05, 3.63) is 0 Å². The van der Waals surface area contributed by atoms with Gasteiger partial charge in [0.25, 0.3) is 0 Å². The Labute approximate surface area is 122 Å². The Morgan fingerprint density at radius 1 is 1.35 bits per heavy atom. The largest absolute Gasteiger partial charge is 0.481 e. The van der Waals surface area contributed by atoms with Gasteiger partial charge in [0.15, 0.2) is 8.32 Å². The maximum Gasteiger partial charge on any atom is 0.308 e. The number of carboxylic acid groups (broad SMARTS) is 1. The van der Waals surface area contributed by atoms with Gasteiger partial charge in [-0.2, -0.15) is 0 Å². The fourth-order valence-corrected chi connectivity index (χ4v) is 3.66. The normalized spacial score (nSPS) is 26.4. The molecule has 0 radical (unpaired) electrons. The summed E-state index contributed by atoms with van der Waals surface area (Å²) in [7, 11) is -1.96.